The van der Waals surface area contributed by atoms with Crippen molar-refractivity contribution in [3.8, 4) is 0 Å². The van der Waals surface area contributed by atoms with Gasteiger partial charge in [-0.1, -0.05) is 29.3 Å². The molecule has 0 radical (unpaired) electrons. The second kappa shape index (κ2) is 9.22. The van der Waals surface area contributed by atoms with E-state index in [1.165, 1.54) is 0 Å². The molecule has 8 heteroatoms. The monoisotopic (exact) mass is 393 g/mol. The molecule has 1 amide bonds. The third-order valence-corrected chi connectivity index (χ3v) is 5.04. The summed E-state index contributed by atoms with van der Waals surface area (Å²) >= 11 is 12.0. The molecule has 3 rings (SSSR count). The lowest BCUT2D eigenvalue weighted by Crippen LogP contribution is -2.50. The fourth-order valence-electron chi connectivity index (χ4n) is 2.95. The smallest absolute Gasteiger partial charge is 0.236 e. The SMILES string of the molecule is Cl.O=C(CN1CCNCC1)N1CCOC(c2ccc(Cl)c(Cl)c2)C1. The van der Waals surface area contributed by atoms with Gasteiger partial charge in [0.2, 0.25) is 5.91 Å². The Balaban J connectivity index is 0.00000208. The molecular formula is C16H22Cl3N3O2. The first-order chi connectivity index (χ1) is 11.1. The average Bonchev–Trinajstić information content (AvgIpc) is 2.58. The zero-order valence-electron chi connectivity index (χ0n) is 13.3. The van der Waals surface area contributed by atoms with Crippen molar-refractivity contribution >= 4 is 41.5 Å². The van der Waals surface area contributed by atoms with Gasteiger partial charge in [0.1, 0.15) is 6.10 Å². The number of piperazine rings is 1. The number of carbonyl (C=O) groups is 1. The number of nitrogens with one attached hydrogen (secondary N) is 1. The summed E-state index contributed by atoms with van der Waals surface area (Å²) in [6.07, 6.45) is -0.148. The van der Waals surface area contributed by atoms with Crippen LogP contribution >= 0.6 is 35.6 Å². The second-order valence-electron chi connectivity index (χ2n) is 5.90. The maximum absolute atomic E-state index is 12.5. The van der Waals surface area contributed by atoms with Gasteiger partial charge in [-0.3, -0.25) is 9.69 Å². The van der Waals surface area contributed by atoms with E-state index in [1.807, 2.05) is 17.0 Å². The van der Waals surface area contributed by atoms with Gasteiger partial charge in [-0.05, 0) is 17.7 Å². The van der Waals surface area contributed by atoms with Gasteiger partial charge in [0.15, 0.2) is 0 Å². The van der Waals surface area contributed by atoms with E-state index in [-0.39, 0.29) is 24.4 Å². The Hall–Kier alpha value is -0.560. The highest BCUT2D eigenvalue weighted by molar-refractivity contribution is 6.42. The number of benzene rings is 1. The summed E-state index contributed by atoms with van der Waals surface area (Å²) < 4.78 is 5.81. The lowest BCUT2D eigenvalue weighted by atomic mass is 10.1. The van der Waals surface area contributed by atoms with Crippen LogP contribution in [0.4, 0.5) is 0 Å². The van der Waals surface area contributed by atoms with Crippen LogP contribution in [0.15, 0.2) is 18.2 Å². The van der Waals surface area contributed by atoms with Gasteiger partial charge in [-0.25, -0.2) is 0 Å². The maximum Gasteiger partial charge on any atom is 0.236 e. The molecule has 1 atom stereocenters. The highest BCUT2D eigenvalue weighted by Crippen LogP contribution is 2.29. The number of ether oxygens (including phenoxy) is 1. The average molecular weight is 395 g/mol. The zero-order valence-corrected chi connectivity index (χ0v) is 15.7. The quantitative estimate of drug-likeness (QED) is 0.854. The molecule has 5 nitrogen and oxygen atoms in total. The summed E-state index contributed by atoms with van der Waals surface area (Å²) in [6, 6.07) is 5.49. The molecule has 134 valence electrons. The molecule has 1 unspecified atom stereocenters. The molecule has 0 bridgehead atoms. The summed E-state index contributed by atoms with van der Waals surface area (Å²) in [5.41, 5.74) is 0.957. The van der Waals surface area contributed by atoms with Gasteiger partial charge in [0, 0.05) is 32.7 Å². The number of halogens is 3. The first-order valence-corrected chi connectivity index (χ1v) is 8.66. The van der Waals surface area contributed by atoms with E-state index in [4.69, 9.17) is 27.9 Å². The molecule has 24 heavy (non-hydrogen) atoms. The minimum absolute atomic E-state index is 0. The number of hydrogen-bond donors (Lipinski definition) is 1. The van der Waals surface area contributed by atoms with Crippen LogP contribution in [0, 0.1) is 0 Å². The number of nitrogens with zero attached hydrogens (tertiary/aromatic N) is 2. The third kappa shape index (κ3) is 4.97. The fraction of sp³-hybridized carbons (Fsp3) is 0.562. The number of carbonyl (C=O) groups excluding carboxylic acids is 1. The minimum Gasteiger partial charge on any atom is -0.370 e. The Morgan fingerprint density at radius 2 is 1.96 bits per heavy atom. The Morgan fingerprint density at radius 3 is 2.67 bits per heavy atom. The normalized spacial score (nSPS) is 22.1. The van der Waals surface area contributed by atoms with Crippen LogP contribution in [0.5, 0.6) is 0 Å². The van der Waals surface area contributed by atoms with E-state index < -0.39 is 0 Å². The summed E-state index contributed by atoms with van der Waals surface area (Å²) in [4.78, 5) is 16.6. The summed E-state index contributed by atoms with van der Waals surface area (Å²) in [6.45, 7) is 5.96. The van der Waals surface area contributed by atoms with E-state index in [0.29, 0.717) is 36.3 Å². The van der Waals surface area contributed by atoms with Crippen molar-refractivity contribution in [3.05, 3.63) is 33.8 Å². The van der Waals surface area contributed by atoms with Gasteiger partial charge in [0.05, 0.1) is 29.7 Å². The van der Waals surface area contributed by atoms with Crippen LogP contribution in [-0.2, 0) is 9.53 Å². The zero-order chi connectivity index (χ0) is 16.2. The molecule has 2 aliphatic rings. The van der Waals surface area contributed by atoms with Crippen molar-refractivity contribution in [2.24, 2.45) is 0 Å². The van der Waals surface area contributed by atoms with Crippen LogP contribution in [0.2, 0.25) is 10.0 Å². The highest BCUT2D eigenvalue weighted by Gasteiger charge is 2.27. The molecule has 1 aromatic carbocycles. The largest absolute Gasteiger partial charge is 0.370 e. The fourth-order valence-corrected chi connectivity index (χ4v) is 3.26. The summed E-state index contributed by atoms with van der Waals surface area (Å²) in [7, 11) is 0. The summed E-state index contributed by atoms with van der Waals surface area (Å²) in [5, 5.41) is 4.33. The van der Waals surface area contributed by atoms with E-state index >= 15 is 0 Å². The van der Waals surface area contributed by atoms with Gasteiger partial charge >= 0.3 is 0 Å². The predicted octanol–water partition coefficient (Wildman–Crippen LogP) is 2.22. The van der Waals surface area contributed by atoms with Gasteiger partial charge in [-0.2, -0.15) is 0 Å². The topological polar surface area (TPSA) is 44.8 Å². The molecular weight excluding hydrogens is 373 g/mol. The van der Waals surface area contributed by atoms with E-state index in [0.717, 1.165) is 31.7 Å². The summed E-state index contributed by atoms with van der Waals surface area (Å²) in [5.74, 6) is 0.167. The molecule has 2 saturated heterocycles. The third-order valence-electron chi connectivity index (χ3n) is 4.30. The molecule has 2 fully saturated rings. The van der Waals surface area contributed by atoms with Crippen molar-refractivity contribution < 1.29 is 9.53 Å². The number of morpholine rings is 1. The Bertz CT molecular complexity index is 567. The minimum atomic E-state index is -0.148. The van der Waals surface area contributed by atoms with Crippen molar-refractivity contribution in [1.82, 2.24) is 15.1 Å². The Morgan fingerprint density at radius 1 is 1.21 bits per heavy atom. The van der Waals surface area contributed by atoms with Crippen LogP contribution in [0.3, 0.4) is 0 Å². The molecule has 2 heterocycles. The highest BCUT2D eigenvalue weighted by atomic mass is 35.5. The number of rotatable bonds is 3. The van der Waals surface area contributed by atoms with Crippen LogP contribution in [0.1, 0.15) is 11.7 Å². The first-order valence-electron chi connectivity index (χ1n) is 7.91. The van der Waals surface area contributed by atoms with Crippen molar-refractivity contribution in [1.29, 1.82) is 0 Å². The van der Waals surface area contributed by atoms with Gasteiger partial charge in [0.25, 0.3) is 0 Å². The van der Waals surface area contributed by atoms with Gasteiger partial charge < -0.3 is 15.0 Å². The van der Waals surface area contributed by atoms with Crippen LogP contribution in [0.25, 0.3) is 0 Å². The van der Waals surface area contributed by atoms with Crippen molar-refractivity contribution in [2.75, 3.05) is 52.4 Å². The second-order valence-corrected chi connectivity index (χ2v) is 6.71. The molecule has 0 aliphatic carbocycles. The van der Waals surface area contributed by atoms with E-state index in [9.17, 15) is 4.79 Å². The lowest BCUT2D eigenvalue weighted by molar-refractivity contribution is -0.140. The van der Waals surface area contributed by atoms with E-state index in [1.54, 1.807) is 6.07 Å². The maximum atomic E-state index is 12.5. The standard InChI is InChI=1S/C16H21Cl2N3O2.ClH/c17-13-2-1-12(9-14(13)18)15-10-21(7-8-23-15)16(22)11-20-5-3-19-4-6-20;/h1-2,9,15,19H,3-8,10-11H2;1H. The van der Waals surface area contributed by atoms with Crippen molar-refractivity contribution in [2.45, 2.75) is 6.10 Å². The lowest BCUT2D eigenvalue weighted by Gasteiger charge is -2.35. The predicted molar refractivity (Wildman–Crippen MR) is 98.3 cm³/mol. The molecule has 1 N–H and O–H groups in total. The molecule has 2 aliphatic heterocycles. The van der Waals surface area contributed by atoms with E-state index in [2.05, 4.69) is 10.2 Å². The first kappa shape index (κ1) is 19.8. The molecule has 0 aromatic heterocycles. The van der Waals surface area contributed by atoms with Crippen LogP contribution in [-0.4, -0.2) is 68.1 Å². The molecule has 0 saturated carbocycles. The Labute approximate surface area is 158 Å². The van der Waals surface area contributed by atoms with Crippen molar-refractivity contribution in [3.63, 3.8) is 0 Å². The molecule has 1 aromatic rings. The number of hydrogen-bond acceptors (Lipinski definition) is 4. The van der Waals surface area contributed by atoms with Crippen LogP contribution < -0.4 is 5.32 Å². The number of amides is 1. The molecule has 0 spiro atoms. The van der Waals surface area contributed by atoms with Gasteiger partial charge in [-0.15, -0.1) is 12.4 Å². The Kier molecular flexibility index (Phi) is 7.60.